The van der Waals surface area contributed by atoms with Crippen LogP contribution in [0.15, 0.2) is 54.6 Å². The Balaban J connectivity index is 1.87. The zero-order chi connectivity index (χ0) is 19.6. The van der Waals surface area contributed by atoms with Crippen molar-refractivity contribution >= 4 is 29.1 Å². The van der Waals surface area contributed by atoms with Crippen molar-refractivity contribution in [1.29, 1.82) is 0 Å². The first-order valence-corrected chi connectivity index (χ1v) is 8.91. The van der Waals surface area contributed by atoms with Gasteiger partial charge in [-0.3, -0.25) is 14.4 Å². The van der Waals surface area contributed by atoms with Gasteiger partial charge in [-0.1, -0.05) is 36.4 Å². The standard InChI is InChI=1S/C21H25N3O3/c1-16(25)22-19-11-6-12-20(14-19)23-21(27)15-24(17(2)26)13-7-10-18-8-4-3-5-9-18/h3-6,8-9,11-12,14H,7,10,13,15H2,1-2H3,(H,22,25)(H,23,27). The summed E-state index contributed by atoms with van der Waals surface area (Å²) in [5.74, 6) is -0.588. The Bertz CT molecular complexity index is 790. The van der Waals surface area contributed by atoms with Crippen LogP contribution in [-0.2, 0) is 20.8 Å². The Morgan fingerprint density at radius 3 is 2.19 bits per heavy atom. The molecule has 0 saturated carbocycles. The Kier molecular flexibility index (Phi) is 7.55. The number of benzene rings is 2. The summed E-state index contributed by atoms with van der Waals surface area (Å²) in [7, 11) is 0. The van der Waals surface area contributed by atoms with E-state index in [0.717, 1.165) is 12.8 Å². The van der Waals surface area contributed by atoms with Crippen LogP contribution < -0.4 is 10.6 Å². The molecule has 0 aliphatic heterocycles. The molecule has 0 aromatic heterocycles. The van der Waals surface area contributed by atoms with Gasteiger partial charge < -0.3 is 15.5 Å². The largest absolute Gasteiger partial charge is 0.334 e. The number of carbonyl (C=O) groups excluding carboxylic acids is 3. The molecular weight excluding hydrogens is 342 g/mol. The molecule has 0 aliphatic rings. The number of hydrogen-bond acceptors (Lipinski definition) is 3. The predicted molar refractivity (Wildman–Crippen MR) is 106 cm³/mol. The number of rotatable bonds is 8. The highest BCUT2D eigenvalue weighted by Crippen LogP contribution is 2.15. The summed E-state index contributed by atoms with van der Waals surface area (Å²) in [5.41, 5.74) is 2.38. The molecule has 0 fully saturated rings. The zero-order valence-corrected chi connectivity index (χ0v) is 15.7. The fourth-order valence-electron chi connectivity index (χ4n) is 2.72. The number of nitrogens with one attached hydrogen (secondary N) is 2. The highest BCUT2D eigenvalue weighted by molar-refractivity contribution is 5.95. The van der Waals surface area contributed by atoms with E-state index in [9.17, 15) is 14.4 Å². The smallest absolute Gasteiger partial charge is 0.243 e. The third-order valence-electron chi connectivity index (χ3n) is 3.98. The highest BCUT2D eigenvalue weighted by Gasteiger charge is 2.13. The Morgan fingerprint density at radius 1 is 0.889 bits per heavy atom. The molecule has 6 nitrogen and oxygen atoms in total. The molecule has 0 bridgehead atoms. The van der Waals surface area contributed by atoms with Gasteiger partial charge in [0.25, 0.3) is 0 Å². The number of carbonyl (C=O) groups is 3. The number of hydrogen-bond donors (Lipinski definition) is 2. The average Bonchev–Trinajstić information content (AvgIpc) is 2.61. The topological polar surface area (TPSA) is 78.5 Å². The van der Waals surface area contributed by atoms with Crippen molar-refractivity contribution in [3.05, 3.63) is 60.2 Å². The normalized spacial score (nSPS) is 10.1. The van der Waals surface area contributed by atoms with Gasteiger partial charge in [-0.05, 0) is 36.6 Å². The summed E-state index contributed by atoms with van der Waals surface area (Å²) >= 11 is 0. The van der Waals surface area contributed by atoms with Crippen molar-refractivity contribution in [2.75, 3.05) is 23.7 Å². The molecule has 27 heavy (non-hydrogen) atoms. The van der Waals surface area contributed by atoms with Crippen LogP contribution in [0.1, 0.15) is 25.8 Å². The van der Waals surface area contributed by atoms with Crippen molar-refractivity contribution < 1.29 is 14.4 Å². The van der Waals surface area contributed by atoms with Crippen LogP contribution in [0.5, 0.6) is 0 Å². The predicted octanol–water partition coefficient (Wildman–Crippen LogP) is 3.06. The fourth-order valence-corrected chi connectivity index (χ4v) is 2.72. The summed E-state index contributed by atoms with van der Waals surface area (Å²) in [6, 6.07) is 16.9. The van der Waals surface area contributed by atoms with Crippen LogP contribution in [0.4, 0.5) is 11.4 Å². The van der Waals surface area contributed by atoms with Gasteiger partial charge in [0.05, 0.1) is 6.54 Å². The molecule has 3 amide bonds. The van der Waals surface area contributed by atoms with E-state index in [2.05, 4.69) is 10.6 Å². The van der Waals surface area contributed by atoms with E-state index in [0.29, 0.717) is 17.9 Å². The van der Waals surface area contributed by atoms with E-state index in [1.807, 2.05) is 30.3 Å². The molecule has 2 aromatic rings. The highest BCUT2D eigenvalue weighted by atomic mass is 16.2. The lowest BCUT2D eigenvalue weighted by molar-refractivity contribution is -0.132. The van der Waals surface area contributed by atoms with Crippen molar-refractivity contribution in [2.45, 2.75) is 26.7 Å². The molecule has 2 N–H and O–H groups in total. The molecule has 0 heterocycles. The van der Waals surface area contributed by atoms with Gasteiger partial charge in [0, 0.05) is 31.8 Å². The SMILES string of the molecule is CC(=O)Nc1cccc(NC(=O)CN(CCCc2ccccc2)C(C)=O)c1. The lowest BCUT2D eigenvalue weighted by Crippen LogP contribution is -2.37. The lowest BCUT2D eigenvalue weighted by atomic mass is 10.1. The molecule has 0 spiro atoms. The number of amides is 3. The van der Waals surface area contributed by atoms with Crippen LogP contribution in [0, 0.1) is 0 Å². The minimum atomic E-state index is -0.273. The molecule has 0 saturated heterocycles. The molecule has 6 heteroatoms. The molecule has 0 aliphatic carbocycles. The maximum absolute atomic E-state index is 12.3. The maximum atomic E-state index is 12.3. The van der Waals surface area contributed by atoms with Gasteiger partial charge in [-0.15, -0.1) is 0 Å². The number of nitrogens with zero attached hydrogens (tertiary/aromatic N) is 1. The molecule has 2 rings (SSSR count). The van der Waals surface area contributed by atoms with Crippen LogP contribution in [0.2, 0.25) is 0 Å². The van der Waals surface area contributed by atoms with Gasteiger partial charge in [-0.2, -0.15) is 0 Å². The number of aryl methyl sites for hydroxylation is 1. The van der Waals surface area contributed by atoms with E-state index >= 15 is 0 Å². The molecule has 0 atom stereocenters. The van der Waals surface area contributed by atoms with Crippen molar-refractivity contribution in [3.8, 4) is 0 Å². The first-order valence-electron chi connectivity index (χ1n) is 8.91. The second-order valence-corrected chi connectivity index (χ2v) is 6.34. The minimum Gasteiger partial charge on any atom is -0.334 e. The number of anilines is 2. The lowest BCUT2D eigenvalue weighted by Gasteiger charge is -2.20. The molecule has 0 radical (unpaired) electrons. The molecule has 0 unspecified atom stereocenters. The van der Waals surface area contributed by atoms with Crippen LogP contribution >= 0.6 is 0 Å². The Morgan fingerprint density at radius 2 is 1.56 bits per heavy atom. The van der Waals surface area contributed by atoms with Crippen LogP contribution in [0.25, 0.3) is 0 Å². The van der Waals surface area contributed by atoms with E-state index in [4.69, 9.17) is 0 Å². The van der Waals surface area contributed by atoms with Gasteiger partial charge in [0.2, 0.25) is 17.7 Å². The first-order chi connectivity index (χ1) is 12.9. The van der Waals surface area contributed by atoms with E-state index in [-0.39, 0.29) is 24.3 Å². The summed E-state index contributed by atoms with van der Waals surface area (Å²) in [6.07, 6.45) is 1.64. The van der Waals surface area contributed by atoms with Crippen molar-refractivity contribution in [2.24, 2.45) is 0 Å². The van der Waals surface area contributed by atoms with Gasteiger partial charge in [0.15, 0.2) is 0 Å². The molecule has 2 aromatic carbocycles. The van der Waals surface area contributed by atoms with Gasteiger partial charge in [0.1, 0.15) is 0 Å². The monoisotopic (exact) mass is 367 g/mol. The van der Waals surface area contributed by atoms with Crippen LogP contribution in [-0.4, -0.2) is 35.7 Å². The fraction of sp³-hybridized carbons (Fsp3) is 0.286. The molecule has 142 valence electrons. The van der Waals surface area contributed by atoms with Crippen molar-refractivity contribution in [1.82, 2.24) is 4.90 Å². The van der Waals surface area contributed by atoms with Gasteiger partial charge in [-0.25, -0.2) is 0 Å². The van der Waals surface area contributed by atoms with E-state index in [1.165, 1.54) is 24.3 Å². The van der Waals surface area contributed by atoms with Crippen LogP contribution in [0.3, 0.4) is 0 Å². The Labute approximate surface area is 159 Å². The summed E-state index contributed by atoms with van der Waals surface area (Å²) < 4.78 is 0. The summed E-state index contributed by atoms with van der Waals surface area (Å²) in [6.45, 7) is 3.40. The minimum absolute atomic E-state index is 0.00547. The van der Waals surface area contributed by atoms with Crippen molar-refractivity contribution in [3.63, 3.8) is 0 Å². The summed E-state index contributed by atoms with van der Waals surface area (Å²) in [5, 5.41) is 5.43. The Hall–Kier alpha value is -3.15. The first kappa shape index (κ1) is 20.2. The van der Waals surface area contributed by atoms with E-state index in [1.54, 1.807) is 24.3 Å². The zero-order valence-electron chi connectivity index (χ0n) is 15.7. The average molecular weight is 367 g/mol. The quantitative estimate of drug-likeness (QED) is 0.753. The summed E-state index contributed by atoms with van der Waals surface area (Å²) in [4.78, 5) is 36.8. The maximum Gasteiger partial charge on any atom is 0.243 e. The second kappa shape index (κ2) is 10.1. The third-order valence-corrected chi connectivity index (χ3v) is 3.98. The third kappa shape index (κ3) is 7.32. The van der Waals surface area contributed by atoms with E-state index < -0.39 is 0 Å². The van der Waals surface area contributed by atoms with Gasteiger partial charge >= 0.3 is 0 Å². The second-order valence-electron chi connectivity index (χ2n) is 6.34. The molecular formula is C21H25N3O3.